The highest BCUT2D eigenvalue weighted by atomic mass is 32.2. The number of hydrogen-bond donors (Lipinski definition) is 1. The molecule has 5 nitrogen and oxygen atoms in total. The lowest BCUT2D eigenvalue weighted by Gasteiger charge is -2.08. The summed E-state index contributed by atoms with van der Waals surface area (Å²) < 4.78 is 18.5. The van der Waals surface area contributed by atoms with Gasteiger partial charge in [0.1, 0.15) is 5.82 Å². The largest absolute Gasteiger partial charge is 0.465 e. The molecular formula is C13H12FN3O2S. The Morgan fingerprint density at radius 2 is 2.20 bits per heavy atom. The molecule has 0 saturated heterocycles. The summed E-state index contributed by atoms with van der Waals surface area (Å²) in [5.41, 5.74) is 6.52. The van der Waals surface area contributed by atoms with Gasteiger partial charge in [-0.05, 0) is 36.9 Å². The fourth-order valence-electron chi connectivity index (χ4n) is 1.51. The predicted octanol–water partition coefficient (Wildman–Crippen LogP) is 2.44. The summed E-state index contributed by atoms with van der Waals surface area (Å²) in [6.45, 7) is 1.81. The van der Waals surface area contributed by atoms with Gasteiger partial charge in [-0.25, -0.2) is 19.2 Å². The highest BCUT2D eigenvalue weighted by molar-refractivity contribution is 7.99. The number of aryl methyl sites for hydroxylation is 1. The van der Waals surface area contributed by atoms with Crippen molar-refractivity contribution >= 4 is 23.4 Å². The number of rotatable bonds is 3. The Hall–Kier alpha value is -2.15. The number of hydrogen-bond acceptors (Lipinski definition) is 6. The van der Waals surface area contributed by atoms with E-state index in [0.29, 0.717) is 5.16 Å². The molecule has 1 aromatic carbocycles. The topological polar surface area (TPSA) is 78.1 Å². The molecule has 0 aliphatic heterocycles. The second kappa shape index (κ2) is 5.87. The Balaban J connectivity index is 2.39. The minimum Gasteiger partial charge on any atom is -0.465 e. The monoisotopic (exact) mass is 293 g/mol. The lowest BCUT2D eigenvalue weighted by atomic mass is 10.2. The van der Waals surface area contributed by atoms with Crippen LogP contribution in [0.2, 0.25) is 0 Å². The lowest BCUT2D eigenvalue weighted by molar-refractivity contribution is 0.0601. The van der Waals surface area contributed by atoms with Gasteiger partial charge >= 0.3 is 5.97 Å². The van der Waals surface area contributed by atoms with Crippen molar-refractivity contribution in [3.05, 3.63) is 41.5 Å². The summed E-state index contributed by atoms with van der Waals surface area (Å²) in [4.78, 5) is 19.9. The van der Waals surface area contributed by atoms with Gasteiger partial charge in [-0.15, -0.1) is 0 Å². The number of esters is 1. The Morgan fingerprint density at radius 1 is 1.45 bits per heavy atom. The molecule has 0 aliphatic rings. The molecule has 0 radical (unpaired) electrons. The third-order valence-electron chi connectivity index (χ3n) is 2.48. The number of ether oxygens (including phenoxy) is 1. The second-order valence-corrected chi connectivity index (χ2v) is 4.95. The maximum atomic E-state index is 13.9. The van der Waals surface area contributed by atoms with Gasteiger partial charge in [-0.2, -0.15) is 0 Å². The Morgan fingerprint density at radius 3 is 2.85 bits per heavy atom. The number of nitrogens with zero attached hydrogens (tertiary/aromatic N) is 2. The van der Waals surface area contributed by atoms with Crippen LogP contribution in [0.5, 0.6) is 0 Å². The first-order chi connectivity index (χ1) is 9.51. The summed E-state index contributed by atoms with van der Waals surface area (Å²) in [6, 6.07) is 4.17. The van der Waals surface area contributed by atoms with Crippen LogP contribution in [-0.2, 0) is 4.74 Å². The Labute approximate surface area is 119 Å². The van der Waals surface area contributed by atoms with Crippen LogP contribution in [0.3, 0.4) is 0 Å². The van der Waals surface area contributed by atoms with E-state index in [4.69, 9.17) is 5.73 Å². The van der Waals surface area contributed by atoms with Crippen molar-refractivity contribution in [3.63, 3.8) is 0 Å². The standard InChI is InChI=1S/C13H12FN3O2S/c1-7-3-4-16-13(17-7)20-11-5-8(12(18)19-2)10(15)6-9(11)14/h3-6H,15H2,1-2H3. The Bertz CT molecular complexity index is 664. The molecule has 20 heavy (non-hydrogen) atoms. The molecule has 1 heterocycles. The van der Waals surface area contributed by atoms with Gasteiger partial charge in [0, 0.05) is 17.6 Å². The van der Waals surface area contributed by atoms with Crippen LogP contribution in [-0.4, -0.2) is 23.0 Å². The van der Waals surface area contributed by atoms with Gasteiger partial charge in [-0.1, -0.05) is 0 Å². The first-order valence-corrected chi connectivity index (χ1v) is 6.47. The van der Waals surface area contributed by atoms with Crippen molar-refractivity contribution in [2.45, 2.75) is 17.0 Å². The molecule has 0 atom stereocenters. The summed E-state index contributed by atoms with van der Waals surface area (Å²) in [6.07, 6.45) is 1.58. The Kier molecular flexibility index (Phi) is 4.19. The molecule has 7 heteroatoms. The predicted molar refractivity (Wildman–Crippen MR) is 73.0 cm³/mol. The molecule has 2 aromatic rings. The molecule has 0 unspecified atom stereocenters. The fraction of sp³-hybridized carbons (Fsp3) is 0.154. The number of carbonyl (C=O) groups is 1. The van der Waals surface area contributed by atoms with Crippen molar-refractivity contribution in [1.82, 2.24) is 9.97 Å². The summed E-state index contributed by atoms with van der Waals surface area (Å²) in [5, 5.41) is 0.393. The van der Waals surface area contributed by atoms with Gasteiger partial charge in [0.25, 0.3) is 0 Å². The zero-order chi connectivity index (χ0) is 14.7. The summed E-state index contributed by atoms with van der Waals surface area (Å²) in [7, 11) is 1.24. The van der Waals surface area contributed by atoms with Gasteiger partial charge in [0.2, 0.25) is 0 Å². The van der Waals surface area contributed by atoms with Crippen LogP contribution in [0.15, 0.2) is 34.4 Å². The smallest absolute Gasteiger partial charge is 0.339 e. The lowest BCUT2D eigenvalue weighted by Crippen LogP contribution is -2.06. The van der Waals surface area contributed by atoms with Gasteiger partial charge in [0.05, 0.1) is 17.6 Å². The first kappa shape index (κ1) is 14.3. The number of aromatic nitrogens is 2. The molecule has 0 saturated carbocycles. The van der Waals surface area contributed by atoms with Crippen LogP contribution in [0.4, 0.5) is 10.1 Å². The SMILES string of the molecule is COC(=O)c1cc(Sc2nccc(C)n2)c(F)cc1N. The molecule has 0 fully saturated rings. The van der Waals surface area contributed by atoms with Gasteiger partial charge in [-0.3, -0.25) is 0 Å². The third kappa shape index (κ3) is 3.05. The molecule has 0 amide bonds. The number of nitrogens with two attached hydrogens (primary N) is 1. The molecule has 2 rings (SSSR count). The van der Waals surface area contributed by atoms with E-state index in [9.17, 15) is 9.18 Å². The van der Waals surface area contributed by atoms with Crippen molar-refractivity contribution in [2.24, 2.45) is 0 Å². The van der Waals surface area contributed by atoms with Crippen molar-refractivity contribution < 1.29 is 13.9 Å². The molecule has 0 spiro atoms. The van der Waals surface area contributed by atoms with Crippen LogP contribution in [0.25, 0.3) is 0 Å². The van der Waals surface area contributed by atoms with E-state index in [1.165, 1.54) is 13.2 Å². The number of halogens is 1. The van der Waals surface area contributed by atoms with Crippen molar-refractivity contribution in [3.8, 4) is 0 Å². The van der Waals surface area contributed by atoms with Crippen LogP contribution < -0.4 is 5.73 Å². The number of benzene rings is 1. The maximum absolute atomic E-state index is 13.9. The molecule has 0 aliphatic carbocycles. The third-order valence-corrected chi connectivity index (χ3v) is 3.40. The van der Waals surface area contributed by atoms with Crippen LogP contribution >= 0.6 is 11.8 Å². The van der Waals surface area contributed by atoms with E-state index in [0.717, 1.165) is 23.5 Å². The van der Waals surface area contributed by atoms with E-state index in [1.807, 2.05) is 6.92 Å². The summed E-state index contributed by atoms with van der Waals surface area (Å²) in [5.74, 6) is -1.15. The van der Waals surface area contributed by atoms with E-state index in [-0.39, 0.29) is 16.1 Å². The minimum absolute atomic E-state index is 0.0314. The molecular weight excluding hydrogens is 281 g/mol. The van der Waals surface area contributed by atoms with Crippen LogP contribution in [0, 0.1) is 12.7 Å². The normalized spacial score (nSPS) is 10.3. The molecule has 104 valence electrons. The van der Waals surface area contributed by atoms with E-state index in [2.05, 4.69) is 14.7 Å². The summed E-state index contributed by atoms with van der Waals surface area (Å²) >= 11 is 1.02. The quantitative estimate of drug-likeness (QED) is 0.532. The van der Waals surface area contributed by atoms with E-state index in [1.54, 1.807) is 12.3 Å². The fourth-order valence-corrected chi connectivity index (χ4v) is 2.34. The van der Waals surface area contributed by atoms with Crippen molar-refractivity contribution in [2.75, 3.05) is 12.8 Å². The highest BCUT2D eigenvalue weighted by Gasteiger charge is 2.16. The van der Waals surface area contributed by atoms with Crippen molar-refractivity contribution in [1.29, 1.82) is 0 Å². The zero-order valence-corrected chi connectivity index (χ0v) is 11.7. The highest BCUT2D eigenvalue weighted by Crippen LogP contribution is 2.30. The number of carbonyl (C=O) groups excluding carboxylic acids is 1. The molecule has 2 N–H and O–H groups in total. The van der Waals surface area contributed by atoms with Crippen LogP contribution in [0.1, 0.15) is 16.1 Å². The van der Waals surface area contributed by atoms with E-state index >= 15 is 0 Å². The average molecular weight is 293 g/mol. The van der Waals surface area contributed by atoms with Gasteiger partial charge in [0.15, 0.2) is 5.16 Å². The second-order valence-electron chi connectivity index (χ2n) is 3.94. The first-order valence-electron chi connectivity index (χ1n) is 5.66. The number of nitrogen functional groups attached to an aromatic ring is 1. The molecule has 0 bridgehead atoms. The molecule has 1 aromatic heterocycles. The zero-order valence-electron chi connectivity index (χ0n) is 10.9. The minimum atomic E-state index is -0.616. The van der Waals surface area contributed by atoms with Gasteiger partial charge < -0.3 is 10.5 Å². The average Bonchev–Trinajstić information content (AvgIpc) is 2.41. The number of methoxy groups -OCH3 is 1. The maximum Gasteiger partial charge on any atom is 0.339 e. The van der Waals surface area contributed by atoms with E-state index < -0.39 is 11.8 Å². The number of anilines is 1.